The van der Waals surface area contributed by atoms with E-state index < -0.39 is 0 Å². The zero-order valence-electron chi connectivity index (χ0n) is 11.9. The summed E-state index contributed by atoms with van der Waals surface area (Å²) in [5.74, 6) is 0.970. The first kappa shape index (κ1) is 12.7. The fourth-order valence-corrected chi connectivity index (χ4v) is 2.44. The molecule has 0 saturated carbocycles. The van der Waals surface area contributed by atoms with Crippen LogP contribution in [-0.4, -0.2) is 0 Å². The van der Waals surface area contributed by atoms with Gasteiger partial charge in [0.05, 0.1) is 0 Å². The molecule has 0 aliphatic rings. The third-order valence-electron chi connectivity index (χ3n) is 3.61. The minimum atomic E-state index is 0.603. The van der Waals surface area contributed by atoms with Gasteiger partial charge in [-0.25, -0.2) is 0 Å². The minimum Gasteiger partial charge on any atom is -0.489 e. The molecule has 3 rings (SSSR count). The van der Waals surface area contributed by atoms with E-state index in [1.165, 1.54) is 27.5 Å². The summed E-state index contributed by atoms with van der Waals surface area (Å²) in [7, 11) is 0. The molecule has 100 valence electrons. The zero-order chi connectivity index (χ0) is 13.9. The van der Waals surface area contributed by atoms with Gasteiger partial charge in [-0.1, -0.05) is 54.6 Å². The average Bonchev–Trinajstić information content (AvgIpc) is 2.48. The Morgan fingerprint density at radius 1 is 0.850 bits per heavy atom. The molecule has 0 atom stereocenters. The molecule has 0 fully saturated rings. The summed E-state index contributed by atoms with van der Waals surface area (Å²) in [6.45, 7) is 4.77. The summed E-state index contributed by atoms with van der Waals surface area (Å²) >= 11 is 0. The van der Waals surface area contributed by atoms with Crippen molar-refractivity contribution < 1.29 is 4.74 Å². The van der Waals surface area contributed by atoms with Crippen LogP contribution >= 0.6 is 0 Å². The normalized spacial score (nSPS) is 10.7. The number of benzene rings is 3. The van der Waals surface area contributed by atoms with Crippen molar-refractivity contribution in [3.8, 4) is 5.75 Å². The highest BCUT2D eigenvalue weighted by Crippen LogP contribution is 2.23. The Morgan fingerprint density at radius 3 is 2.55 bits per heavy atom. The lowest BCUT2D eigenvalue weighted by molar-refractivity contribution is 0.305. The smallest absolute Gasteiger partial charge is 0.122 e. The topological polar surface area (TPSA) is 9.23 Å². The Bertz CT molecular complexity index is 738. The first-order chi connectivity index (χ1) is 9.74. The van der Waals surface area contributed by atoms with Gasteiger partial charge in [-0.05, 0) is 47.4 Å². The molecule has 0 unspecified atom stereocenters. The molecule has 0 N–H and O–H groups in total. The molecule has 0 aliphatic heterocycles. The van der Waals surface area contributed by atoms with Crippen molar-refractivity contribution in [3.63, 3.8) is 0 Å². The van der Waals surface area contributed by atoms with Crippen LogP contribution in [0.2, 0.25) is 0 Å². The Labute approximate surface area is 119 Å². The first-order valence-corrected chi connectivity index (χ1v) is 6.91. The molecular weight excluding hydrogens is 244 g/mol. The van der Waals surface area contributed by atoms with Gasteiger partial charge >= 0.3 is 0 Å². The second kappa shape index (κ2) is 5.38. The summed E-state index contributed by atoms with van der Waals surface area (Å²) in [6, 6.07) is 21.1. The molecule has 0 saturated heterocycles. The van der Waals surface area contributed by atoms with Gasteiger partial charge in [-0.3, -0.25) is 0 Å². The molecule has 3 aromatic carbocycles. The Morgan fingerprint density at radius 2 is 1.65 bits per heavy atom. The molecule has 0 aromatic heterocycles. The lowest BCUT2D eigenvalue weighted by Crippen LogP contribution is -1.98. The molecule has 0 heterocycles. The second-order valence-corrected chi connectivity index (χ2v) is 5.20. The number of ether oxygens (including phenoxy) is 1. The molecule has 0 amide bonds. The van der Waals surface area contributed by atoms with E-state index >= 15 is 0 Å². The van der Waals surface area contributed by atoms with E-state index in [1.54, 1.807) is 0 Å². The van der Waals surface area contributed by atoms with Crippen LogP contribution in [0.3, 0.4) is 0 Å². The lowest BCUT2D eigenvalue weighted by atomic mass is 10.1. The molecule has 0 radical (unpaired) electrons. The first-order valence-electron chi connectivity index (χ1n) is 6.91. The van der Waals surface area contributed by atoms with Crippen LogP contribution in [0.1, 0.15) is 16.7 Å². The highest BCUT2D eigenvalue weighted by atomic mass is 16.5. The minimum absolute atomic E-state index is 0.603. The summed E-state index contributed by atoms with van der Waals surface area (Å²) in [4.78, 5) is 0. The van der Waals surface area contributed by atoms with Gasteiger partial charge in [0.25, 0.3) is 0 Å². The number of fused-ring (bicyclic) bond motifs is 1. The number of aryl methyl sites for hydroxylation is 2. The summed E-state index contributed by atoms with van der Waals surface area (Å²) in [5.41, 5.74) is 3.63. The third-order valence-corrected chi connectivity index (χ3v) is 3.61. The molecule has 0 bridgehead atoms. The highest BCUT2D eigenvalue weighted by Gasteiger charge is 2.03. The fraction of sp³-hybridized carbons (Fsp3) is 0.158. The Hall–Kier alpha value is -2.28. The molecule has 0 aliphatic carbocycles. The van der Waals surface area contributed by atoms with Gasteiger partial charge < -0.3 is 4.74 Å². The van der Waals surface area contributed by atoms with Gasteiger partial charge in [0.15, 0.2) is 0 Å². The SMILES string of the molecule is Cc1ccc(C)c(OCc2cccc3ccccc23)c1. The van der Waals surface area contributed by atoms with Crippen LogP contribution in [0.5, 0.6) is 5.75 Å². The van der Waals surface area contributed by atoms with E-state index in [1.807, 2.05) is 0 Å². The van der Waals surface area contributed by atoms with Crippen LogP contribution in [-0.2, 0) is 6.61 Å². The van der Waals surface area contributed by atoms with E-state index in [9.17, 15) is 0 Å². The van der Waals surface area contributed by atoms with Gasteiger partial charge in [0.1, 0.15) is 12.4 Å². The van der Waals surface area contributed by atoms with Crippen LogP contribution in [0.15, 0.2) is 60.7 Å². The van der Waals surface area contributed by atoms with E-state index in [-0.39, 0.29) is 0 Å². The van der Waals surface area contributed by atoms with Crippen LogP contribution in [0, 0.1) is 13.8 Å². The maximum atomic E-state index is 6.01. The second-order valence-electron chi connectivity index (χ2n) is 5.20. The number of hydrogen-bond donors (Lipinski definition) is 0. The standard InChI is InChI=1S/C19H18O/c1-14-10-11-15(2)19(12-14)20-13-17-8-5-7-16-6-3-4-9-18(16)17/h3-12H,13H2,1-2H3. The molecule has 0 spiro atoms. The van der Waals surface area contributed by atoms with Crippen LogP contribution < -0.4 is 4.74 Å². The molecule has 3 aromatic rings. The maximum absolute atomic E-state index is 6.01. The van der Waals surface area contributed by atoms with Crippen molar-refractivity contribution in [2.24, 2.45) is 0 Å². The van der Waals surface area contributed by atoms with Crippen molar-refractivity contribution in [3.05, 3.63) is 77.4 Å². The van der Waals surface area contributed by atoms with Crippen molar-refractivity contribution in [1.29, 1.82) is 0 Å². The van der Waals surface area contributed by atoms with Crippen LogP contribution in [0.25, 0.3) is 10.8 Å². The van der Waals surface area contributed by atoms with Gasteiger partial charge in [0, 0.05) is 0 Å². The van der Waals surface area contributed by atoms with Crippen molar-refractivity contribution in [1.82, 2.24) is 0 Å². The average molecular weight is 262 g/mol. The Kier molecular flexibility index (Phi) is 3.42. The van der Waals surface area contributed by atoms with E-state index in [4.69, 9.17) is 4.74 Å². The van der Waals surface area contributed by atoms with E-state index in [2.05, 4.69) is 74.5 Å². The summed E-state index contributed by atoms with van der Waals surface area (Å²) < 4.78 is 6.01. The predicted octanol–water partition coefficient (Wildman–Crippen LogP) is 5.04. The predicted molar refractivity (Wildman–Crippen MR) is 84.2 cm³/mol. The van der Waals surface area contributed by atoms with E-state index in [0.29, 0.717) is 6.61 Å². The van der Waals surface area contributed by atoms with Crippen molar-refractivity contribution in [2.75, 3.05) is 0 Å². The largest absolute Gasteiger partial charge is 0.489 e. The molecular formula is C19H18O. The van der Waals surface area contributed by atoms with E-state index in [0.717, 1.165) is 5.75 Å². The lowest BCUT2D eigenvalue weighted by Gasteiger charge is -2.11. The zero-order valence-corrected chi connectivity index (χ0v) is 11.9. The van der Waals surface area contributed by atoms with Crippen LogP contribution in [0.4, 0.5) is 0 Å². The number of rotatable bonds is 3. The maximum Gasteiger partial charge on any atom is 0.122 e. The molecule has 20 heavy (non-hydrogen) atoms. The van der Waals surface area contributed by atoms with Gasteiger partial charge in [-0.2, -0.15) is 0 Å². The van der Waals surface area contributed by atoms with Gasteiger partial charge in [0.2, 0.25) is 0 Å². The highest BCUT2D eigenvalue weighted by molar-refractivity contribution is 5.85. The summed E-state index contributed by atoms with van der Waals surface area (Å²) in [6.07, 6.45) is 0. The van der Waals surface area contributed by atoms with Crippen molar-refractivity contribution in [2.45, 2.75) is 20.5 Å². The molecule has 1 heteroatoms. The monoisotopic (exact) mass is 262 g/mol. The number of hydrogen-bond acceptors (Lipinski definition) is 1. The van der Waals surface area contributed by atoms with Gasteiger partial charge in [-0.15, -0.1) is 0 Å². The fourth-order valence-electron chi connectivity index (χ4n) is 2.44. The quantitative estimate of drug-likeness (QED) is 0.643. The third kappa shape index (κ3) is 2.53. The summed E-state index contributed by atoms with van der Waals surface area (Å²) in [5, 5.41) is 2.52. The Balaban J connectivity index is 1.89. The van der Waals surface area contributed by atoms with Crippen molar-refractivity contribution >= 4 is 10.8 Å². The molecule has 1 nitrogen and oxygen atoms in total.